The average Bonchev–Trinajstić information content (AvgIpc) is 3.17. The molecule has 3 aliphatic heterocycles. The van der Waals surface area contributed by atoms with E-state index >= 15 is 0 Å². The fourth-order valence-electron chi connectivity index (χ4n) is 8.64. The van der Waals surface area contributed by atoms with Crippen LogP contribution in [0.1, 0.15) is 94.9 Å². The van der Waals surface area contributed by atoms with Crippen LogP contribution in [0.25, 0.3) is 0 Å². The molecule has 0 aliphatic carbocycles. The third-order valence-electron chi connectivity index (χ3n) is 12.5. The highest BCUT2D eigenvalue weighted by Gasteiger charge is 2.52. The molecule has 0 aromatic rings. The molecule has 58 heavy (non-hydrogen) atoms. The molecule has 332 valence electrons. The van der Waals surface area contributed by atoms with Crippen LogP contribution < -0.4 is 0 Å². The normalized spacial score (nSPS) is 43.9. The maximum Gasteiger partial charge on any atom is 0.373 e. The van der Waals surface area contributed by atoms with E-state index in [-0.39, 0.29) is 42.3 Å². The summed E-state index contributed by atoms with van der Waals surface area (Å²) in [5.41, 5.74) is 1.61. The fourth-order valence-corrected chi connectivity index (χ4v) is 8.64. The molecule has 0 bridgehead atoms. The van der Waals surface area contributed by atoms with E-state index in [1.165, 1.54) is 20.3 Å². The molecule has 13 nitrogen and oxygen atoms in total. The topological polar surface area (TPSA) is 194 Å². The molecule has 3 heterocycles. The lowest BCUT2D eigenvalue weighted by Gasteiger charge is -2.49. The van der Waals surface area contributed by atoms with Crippen LogP contribution in [0.3, 0.4) is 0 Å². The van der Waals surface area contributed by atoms with E-state index in [0.29, 0.717) is 18.4 Å². The Kier molecular flexibility index (Phi) is 19.3. The fraction of sp³-hybridized carbons (Fsp3) is 0.756. The van der Waals surface area contributed by atoms with E-state index in [1.54, 1.807) is 39.8 Å². The second kappa shape index (κ2) is 22.4. The van der Waals surface area contributed by atoms with Crippen LogP contribution in [0.2, 0.25) is 0 Å². The van der Waals surface area contributed by atoms with Crippen LogP contribution in [-0.4, -0.2) is 124 Å². The third kappa shape index (κ3) is 12.6. The van der Waals surface area contributed by atoms with E-state index in [1.807, 2.05) is 65.8 Å². The molecule has 18 atom stereocenters. The average molecular weight is 823 g/mol. The van der Waals surface area contributed by atoms with Crippen molar-refractivity contribution in [2.24, 2.45) is 35.5 Å². The Morgan fingerprint density at radius 3 is 2.29 bits per heavy atom. The molecule has 0 aromatic heterocycles. The third-order valence-corrected chi connectivity index (χ3v) is 12.5. The Morgan fingerprint density at radius 2 is 1.71 bits per heavy atom. The molecular weight excluding hydrogens is 748 g/mol. The number of aliphatic hydroxyl groups excluding tert-OH is 5. The van der Waals surface area contributed by atoms with Gasteiger partial charge in [-0.05, 0) is 52.5 Å². The van der Waals surface area contributed by atoms with Crippen molar-refractivity contribution in [2.75, 3.05) is 14.2 Å². The molecule has 0 aromatic carbocycles. The SMILES string of the molecule is C/C=C/[C@H]1O[C@@](O)([C@@H](C)[C@H](O)[C@H](C)[C@H]2OC(=O)/C(OC)=C/C(C)=C/[C@@H](C)[C@@H](O)[C@@H](CC)[C@@H](O)[C@H](C)C/C(C)=C/C=C/[C@@H]2OC)C[C@@H](O[C@@H]2C[C@H](O)[C@@H](O)[C@H](C)O2)[C@@H]1C. The first-order valence-corrected chi connectivity index (χ1v) is 21.0. The van der Waals surface area contributed by atoms with Gasteiger partial charge in [-0.1, -0.05) is 89.1 Å². The number of rotatable bonds is 10. The van der Waals surface area contributed by atoms with Gasteiger partial charge in [0.1, 0.15) is 18.3 Å². The van der Waals surface area contributed by atoms with Crippen molar-refractivity contribution in [2.45, 2.75) is 168 Å². The lowest BCUT2D eigenvalue weighted by Crippen LogP contribution is -2.59. The van der Waals surface area contributed by atoms with Crippen molar-refractivity contribution in [3.05, 3.63) is 59.4 Å². The molecule has 0 saturated carbocycles. The smallest absolute Gasteiger partial charge is 0.373 e. The number of ether oxygens (including phenoxy) is 6. The zero-order valence-electron chi connectivity index (χ0n) is 36.7. The summed E-state index contributed by atoms with van der Waals surface area (Å²) >= 11 is 0. The molecule has 3 rings (SSSR count). The Bertz CT molecular complexity index is 1450. The van der Waals surface area contributed by atoms with Crippen LogP contribution in [0.4, 0.5) is 0 Å². The summed E-state index contributed by atoms with van der Waals surface area (Å²) in [5.74, 6) is -5.78. The highest BCUT2D eigenvalue weighted by Crippen LogP contribution is 2.42. The second-order valence-corrected chi connectivity index (χ2v) is 17.1. The van der Waals surface area contributed by atoms with E-state index in [0.717, 1.165) is 5.57 Å². The lowest BCUT2D eigenvalue weighted by molar-refractivity contribution is -0.339. The Hall–Kier alpha value is -2.43. The summed E-state index contributed by atoms with van der Waals surface area (Å²) in [6.45, 7) is 18.3. The number of hydrogen-bond donors (Lipinski definition) is 6. The number of methoxy groups -OCH3 is 2. The molecule has 0 unspecified atom stereocenters. The largest absolute Gasteiger partial charge is 0.490 e. The maximum atomic E-state index is 13.9. The molecule has 3 aliphatic rings. The van der Waals surface area contributed by atoms with Crippen LogP contribution in [-0.2, 0) is 33.2 Å². The van der Waals surface area contributed by atoms with Crippen LogP contribution in [0.15, 0.2) is 59.4 Å². The van der Waals surface area contributed by atoms with Crippen molar-refractivity contribution in [1.29, 1.82) is 0 Å². The van der Waals surface area contributed by atoms with Crippen molar-refractivity contribution in [3.8, 4) is 0 Å². The number of aliphatic hydroxyl groups is 6. The number of hydrogen-bond acceptors (Lipinski definition) is 13. The van der Waals surface area contributed by atoms with Gasteiger partial charge in [-0.25, -0.2) is 4.79 Å². The number of carbonyl (C=O) groups is 1. The van der Waals surface area contributed by atoms with Crippen molar-refractivity contribution in [3.63, 3.8) is 0 Å². The van der Waals surface area contributed by atoms with Crippen molar-refractivity contribution in [1.82, 2.24) is 0 Å². The van der Waals surface area contributed by atoms with E-state index in [2.05, 4.69) is 0 Å². The molecule has 0 radical (unpaired) electrons. The number of esters is 1. The number of carbonyl (C=O) groups excluding carboxylic acids is 1. The van der Waals surface area contributed by atoms with Gasteiger partial charge in [0.2, 0.25) is 5.76 Å². The van der Waals surface area contributed by atoms with Gasteiger partial charge in [0.25, 0.3) is 0 Å². The van der Waals surface area contributed by atoms with Gasteiger partial charge >= 0.3 is 5.97 Å². The molecule has 0 amide bonds. The maximum absolute atomic E-state index is 13.9. The Morgan fingerprint density at radius 1 is 1.03 bits per heavy atom. The minimum atomic E-state index is -1.93. The minimum absolute atomic E-state index is 0.0414. The minimum Gasteiger partial charge on any atom is -0.490 e. The summed E-state index contributed by atoms with van der Waals surface area (Å²) in [4.78, 5) is 13.9. The van der Waals surface area contributed by atoms with E-state index < -0.39 is 90.9 Å². The highest BCUT2D eigenvalue weighted by atomic mass is 16.7. The van der Waals surface area contributed by atoms with Crippen molar-refractivity contribution >= 4 is 5.97 Å². The van der Waals surface area contributed by atoms with Gasteiger partial charge in [-0.3, -0.25) is 0 Å². The first-order valence-electron chi connectivity index (χ1n) is 21.0. The monoisotopic (exact) mass is 823 g/mol. The van der Waals surface area contributed by atoms with Gasteiger partial charge < -0.3 is 59.1 Å². The summed E-state index contributed by atoms with van der Waals surface area (Å²) in [7, 11) is 2.83. The van der Waals surface area contributed by atoms with Crippen molar-refractivity contribution < 1.29 is 63.9 Å². The van der Waals surface area contributed by atoms with Gasteiger partial charge in [0.15, 0.2) is 12.1 Å². The Balaban J connectivity index is 2.02. The highest BCUT2D eigenvalue weighted by molar-refractivity contribution is 5.87. The summed E-state index contributed by atoms with van der Waals surface area (Å²) in [6.07, 6.45) is 3.82. The molecule has 6 N–H and O–H groups in total. The summed E-state index contributed by atoms with van der Waals surface area (Å²) in [5, 5.41) is 67.8. The molecule has 0 spiro atoms. The number of allylic oxidation sites excluding steroid dienone is 6. The lowest BCUT2D eigenvalue weighted by atomic mass is 9.77. The first-order chi connectivity index (χ1) is 27.2. The van der Waals surface area contributed by atoms with Crippen LogP contribution in [0.5, 0.6) is 0 Å². The second-order valence-electron chi connectivity index (χ2n) is 17.1. The molecule has 13 heteroatoms. The predicted octanol–water partition coefficient (Wildman–Crippen LogP) is 4.88. The summed E-state index contributed by atoms with van der Waals surface area (Å²) < 4.78 is 36.1. The van der Waals surface area contributed by atoms with Gasteiger partial charge in [0.05, 0.1) is 49.8 Å². The zero-order chi connectivity index (χ0) is 43.6. The Labute approximate surface area is 346 Å². The first kappa shape index (κ1) is 49.9. The predicted molar refractivity (Wildman–Crippen MR) is 220 cm³/mol. The van der Waals surface area contributed by atoms with Gasteiger partial charge in [-0.15, -0.1) is 0 Å². The summed E-state index contributed by atoms with van der Waals surface area (Å²) in [6, 6.07) is 0. The van der Waals surface area contributed by atoms with Crippen LogP contribution >= 0.6 is 0 Å². The molecule has 2 fully saturated rings. The van der Waals surface area contributed by atoms with Crippen LogP contribution in [0, 0.1) is 35.5 Å². The molecule has 2 saturated heterocycles. The zero-order valence-corrected chi connectivity index (χ0v) is 36.7. The number of cyclic esters (lactones) is 1. The van der Waals surface area contributed by atoms with Gasteiger partial charge in [-0.2, -0.15) is 0 Å². The molecular formula is C45H74O13. The van der Waals surface area contributed by atoms with Gasteiger partial charge in [0, 0.05) is 49.5 Å². The van der Waals surface area contributed by atoms with E-state index in [9.17, 15) is 35.4 Å². The quantitative estimate of drug-likeness (QED) is 0.129. The standard InChI is InChI=1S/C45H74O13/c1-13-16-34-28(7)37(56-38-22-33(46)42(50)31(10)55-38)23-45(52,58-34)30(9)41(49)29(8)43-35(53-11)18-15-17-24(3)19-26(5)39(47)32(14-2)40(48)27(6)20-25(4)21-36(54-12)44(51)57-43/h13,15-18,20-21,26-35,37-43,46-50,52H,14,19,22-23H2,1-12H3/b16-13+,18-15+,24-17+,25-20+,36-21-/t26-,27-,28-,29+,30+,31+,32+,33+,34-,35+,37-,38-,39+,40-,41-,42+,43-,45-/m1/s1. The van der Waals surface area contributed by atoms with E-state index in [4.69, 9.17) is 28.4 Å².